The van der Waals surface area contributed by atoms with Crippen LogP contribution in [0.3, 0.4) is 0 Å². The molecule has 2 aliphatic rings. The third-order valence-electron chi connectivity index (χ3n) is 4.18. The number of hydrogen-bond donors (Lipinski definition) is 1. The zero-order chi connectivity index (χ0) is 11.9. The first-order valence-corrected chi connectivity index (χ1v) is 7.53. The van der Waals surface area contributed by atoms with Gasteiger partial charge in [0.2, 0.25) is 0 Å². The molecule has 2 N–H and O–H groups in total. The van der Waals surface area contributed by atoms with E-state index in [0.29, 0.717) is 0 Å². The van der Waals surface area contributed by atoms with Crippen molar-refractivity contribution < 1.29 is 0 Å². The predicted octanol–water partition coefficient (Wildman–Crippen LogP) is 2.25. The number of thiazole rings is 1. The summed E-state index contributed by atoms with van der Waals surface area (Å²) in [5.41, 5.74) is 7.72. The maximum absolute atomic E-state index is 6.49. The van der Waals surface area contributed by atoms with E-state index in [-0.39, 0.29) is 5.54 Å². The molecule has 0 radical (unpaired) electrons. The number of nitrogens with zero attached hydrogens (tertiary/aromatic N) is 2. The molecule has 1 aliphatic carbocycles. The van der Waals surface area contributed by atoms with E-state index in [1.165, 1.54) is 28.4 Å². The predicted molar refractivity (Wildman–Crippen MR) is 71.1 cm³/mol. The molecule has 4 heteroatoms. The topological polar surface area (TPSA) is 42.2 Å². The molecule has 3 nitrogen and oxygen atoms in total. The largest absolute Gasteiger partial charge is 0.319 e. The average Bonchev–Trinajstić information content (AvgIpc) is 2.94. The molecule has 1 aromatic heterocycles. The van der Waals surface area contributed by atoms with Crippen molar-refractivity contribution in [1.29, 1.82) is 0 Å². The number of aromatic nitrogens is 1. The fourth-order valence-electron chi connectivity index (χ4n) is 2.95. The minimum absolute atomic E-state index is 0.0982. The Morgan fingerprint density at radius 1 is 1.41 bits per heavy atom. The van der Waals surface area contributed by atoms with Crippen LogP contribution in [-0.2, 0) is 18.5 Å². The summed E-state index contributed by atoms with van der Waals surface area (Å²) in [5, 5.41) is 1.21. The van der Waals surface area contributed by atoms with Crippen molar-refractivity contribution in [1.82, 2.24) is 9.88 Å². The molecule has 2 heterocycles. The van der Waals surface area contributed by atoms with E-state index >= 15 is 0 Å². The zero-order valence-electron chi connectivity index (χ0n) is 10.5. The molecule has 0 amide bonds. The highest BCUT2D eigenvalue weighted by Crippen LogP contribution is 2.40. The number of fused-ring (bicyclic) bond motifs is 1. The van der Waals surface area contributed by atoms with Crippen LogP contribution < -0.4 is 5.73 Å². The highest BCUT2D eigenvalue weighted by atomic mass is 32.1. The second kappa shape index (κ2) is 4.34. The van der Waals surface area contributed by atoms with E-state index in [9.17, 15) is 0 Å². The second-order valence-electron chi connectivity index (χ2n) is 5.37. The van der Waals surface area contributed by atoms with Crippen molar-refractivity contribution in [3.8, 4) is 0 Å². The number of hydrogen-bond acceptors (Lipinski definition) is 4. The summed E-state index contributed by atoms with van der Waals surface area (Å²) in [6, 6.07) is 0. The second-order valence-corrected chi connectivity index (χ2v) is 6.45. The summed E-state index contributed by atoms with van der Waals surface area (Å²) in [4.78, 5) is 8.79. The number of rotatable bonds is 2. The standard InChI is InChI=1S/C13H21N3S/c1-2-16-8-5-10-11(9-16)17-12(15-10)13(14)6-3-4-7-13/h2-9,14H2,1H3. The van der Waals surface area contributed by atoms with E-state index in [4.69, 9.17) is 10.7 Å². The summed E-state index contributed by atoms with van der Waals surface area (Å²) in [6.07, 6.45) is 5.88. The van der Waals surface area contributed by atoms with Crippen LogP contribution in [0.5, 0.6) is 0 Å². The van der Waals surface area contributed by atoms with Gasteiger partial charge in [-0.2, -0.15) is 0 Å². The molecule has 17 heavy (non-hydrogen) atoms. The Kier molecular flexibility index (Phi) is 2.97. The molecule has 0 spiro atoms. The van der Waals surface area contributed by atoms with E-state index in [0.717, 1.165) is 38.9 Å². The lowest BCUT2D eigenvalue weighted by Gasteiger charge is -2.23. The molecule has 1 saturated carbocycles. The molecule has 0 saturated heterocycles. The highest BCUT2D eigenvalue weighted by Gasteiger charge is 2.35. The van der Waals surface area contributed by atoms with E-state index in [1.54, 1.807) is 0 Å². The first-order chi connectivity index (χ1) is 8.21. The van der Waals surface area contributed by atoms with Crippen molar-refractivity contribution in [3.63, 3.8) is 0 Å². The summed E-state index contributed by atoms with van der Waals surface area (Å²) >= 11 is 1.87. The molecule has 3 rings (SSSR count). The lowest BCUT2D eigenvalue weighted by molar-refractivity contribution is 0.269. The van der Waals surface area contributed by atoms with Crippen LogP contribution in [0.15, 0.2) is 0 Å². The summed E-state index contributed by atoms with van der Waals surface area (Å²) in [7, 11) is 0. The summed E-state index contributed by atoms with van der Waals surface area (Å²) in [6.45, 7) is 5.61. The minimum atomic E-state index is -0.0982. The van der Waals surface area contributed by atoms with Crippen molar-refractivity contribution >= 4 is 11.3 Å². The smallest absolute Gasteiger partial charge is 0.113 e. The molecular weight excluding hydrogens is 230 g/mol. The van der Waals surface area contributed by atoms with Gasteiger partial charge in [-0.3, -0.25) is 4.90 Å². The fourth-order valence-corrected chi connectivity index (χ4v) is 4.26. The van der Waals surface area contributed by atoms with Crippen LogP contribution in [0.4, 0.5) is 0 Å². The third-order valence-corrected chi connectivity index (χ3v) is 5.48. The van der Waals surface area contributed by atoms with Gasteiger partial charge in [-0.05, 0) is 19.4 Å². The fraction of sp³-hybridized carbons (Fsp3) is 0.769. The molecule has 0 atom stereocenters. The molecule has 94 valence electrons. The van der Waals surface area contributed by atoms with Crippen LogP contribution in [0.1, 0.15) is 48.2 Å². The lowest BCUT2D eigenvalue weighted by Crippen LogP contribution is -2.33. The Bertz CT molecular complexity index is 407. The van der Waals surface area contributed by atoms with Crippen molar-refractivity contribution in [2.24, 2.45) is 5.73 Å². The maximum Gasteiger partial charge on any atom is 0.113 e. The number of nitrogens with two attached hydrogens (primary N) is 1. The van der Waals surface area contributed by atoms with Crippen LogP contribution in [0.2, 0.25) is 0 Å². The molecule has 1 aromatic rings. The van der Waals surface area contributed by atoms with Gasteiger partial charge in [-0.25, -0.2) is 4.98 Å². The van der Waals surface area contributed by atoms with Crippen LogP contribution in [0, 0.1) is 0 Å². The quantitative estimate of drug-likeness (QED) is 0.876. The Labute approximate surface area is 107 Å². The normalized spacial score (nSPS) is 23.9. The van der Waals surface area contributed by atoms with E-state index < -0.39 is 0 Å². The number of likely N-dealkylation sites (N-methyl/N-ethyl adjacent to an activating group) is 1. The molecule has 0 unspecified atom stereocenters. The van der Waals surface area contributed by atoms with Crippen LogP contribution in [-0.4, -0.2) is 23.0 Å². The first-order valence-electron chi connectivity index (χ1n) is 6.71. The third kappa shape index (κ3) is 2.02. The molecule has 0 bridgehead atoms. The van der Waals surface area contributed by atoms with E-state index in [2.05, 4.69) is 11.8 Å². The summed E-state index contributed by atoms with van der Waals surface area (Å²) < 4.78 is 0. The van der Waals surface area contributed by atoms with Crippen molar-refractivity contribution in [2.75, 3.05) is 13.1 Å². The first kappa shape index (κ1) is 11.6. The van der Waals surface area contributed by atoms with Crippen molar-refractivity contribution in [3.05, 3.63) is 15.6 Å². The highest BCUT2D eigenvalue weighted by molar-refractivity contribution is 7.11. The van der Waals surface area contributed by atoms with Crippen LogP contribution >= 0.6 is 11.3 Å². The van der Waals surface area contributed by atoms with Gasteiger partial charge in [-0.15, -0.1) is 11.3 Å². The summed E-state index contributed by atoms with van der Waals surface area (Å²) in [5.74, 6) is 0. The molecule has 1 fully saturated rings. The Balaban J connectivity index is 1.87. The SMILES string of the molecule is CCN1CCc2nc(C3(N)CCCC3)sc2C1. The Morgan fingerprint density at radius 2 is 2.18 bits per heavy atom. The molecule has 0 aromatic carbocycles. The van der Waals surface area contributed by atoms with Crippen molar-refractivity contribution in [2.45, 2.75) is 51.1 Å². The lowest BCUT2D eigenvalue weighted by atomic mass is 10.0. The Morgan fingerprint density at radius 3 is 2.88 bits per heavy atom. The van der Waals surface area contributed by atoms with Gasteiger partial charge in [0.25, 0.3) is 0 Å². The average molecular weight is 251 g/mol. The van der Waals surface area contributed by atoms with Gasteiger partial charge in [0, 0.05) is 24.4 Å². The van der Waals surface area contributed by atoms with Gasteiger partial charge in [0.15, 0.2) is 0 Å². The molecular formula is C13H21N3S. The zero-order valence-corrected chi connectivity index (χ0v) is 11.4. The minimum Gasteiger partial charge on any atom is -0.319 e. The van der Waals surface area contributed by atoms with Gasteiger partial charge < -0.3 is 5.73 Å². The van der Waals surface area contributed by atoms with Gasteiger partial charge in [-0.1, -0.05) is 19.8 Å². The van der Waals surface area contributed by atoms with Gasteiger partial charge in [0.1, 0.15) is 5.01 Å². The molecule has 1 aliphatic heterocycles. The Hall–Kier alpha value is -0.450. The van der Waals surface area contributed by atoms with Gasteiger partial charge >= 0.3 is 0 Å². The van der Waals surface area contributed by atoms with Crippen LogP contribution in [0.25, 0.3) is 0 Å². The van der Waals surface area contributed by atoms with Gasteiger partial charge in [0.05, 0.1) is 11.2 Å². The van der Waals surface area contributed by atoms with E-state index in [1.807, 2.05) is 11.3 Å². The monoisotopic (exact) mass is 251 g/mol. The maximum atomic E-state index is 6.49.